The van der Waals surface area contributed by atoms with Crippen molar-refractivity contribution in [3.8, 4) is 33.8 Å². The van der Waals surface area contributed by atoms with E-state index < -0.39 is 0 Å². The lowest BCUT2D eigenvalue weighted by molar-refractivity contribution is -0.110. The van der Waals surface area contributed by atoms with Crippen LogP contribution in [0.2, 0.25) is 0 Å². The highest BCUT2D eigenvalue weighted by Crippen LogP contribution is 2.41. The Hall–Kier alpha value is -4.98. The van der Waals surface area contributed by atoms with Gasteiger partial charge >= 0.3 is 0 Å². The van der Waals surface area contributed by atoms with Crippen LogP contribution in [0.4, 0.5) is 0 Å². The Bertz CT molecular complexity index is 2140. The third-order valence-corrected chi connectivity index (χ3v) is 9.10. The fourth-order valence-electron chi connectivity index (χ4n) is 5.47. The highest BCUT2D eigenvalue weighted by atomic mass is 32.1. The number of hydrogen-bond donors (Lipinski definition) is 1. The SMILES string of the molecule is O=C(S)CCc1scc(-c2ccc(OCc3ccc4ccccc4n3)cc2)c1-c1ccc(OCc2ccc3ccccc3n2)cc1. The summed E-state index contributed by atoms with van der Waals surface area (Å²) < 4.78 is 12.2. The molecular formula is C39H30N2O3S2. The molecule has 0 bridgehead atoms. The van der Waals surface area contributed by atoms with Gasteiger partial charge in [0.05, 0.1) is 22.4 Å². The fraction of sp³-hybridized carbons (Fsp3) is 0.103. The van der Waals surface area contributed by atoms with Crippen molar-refractivity contribution in [3.05, 3.63) is 143 Å². The second-order valence-corrected chi connectivity index (χ2v) is 12.4. The van der Waals surface area contributed by atoms with E-state index in [9.17, 15) is 4.79 Å². The standard InChI is InChI=1S/C39H30N2O3S2/c42-38(45)22-21-37-39(29-13-19-33(20-14-29)44-24-31-16-10-28-6-2-4-8-36(28)41-31)34(25-46-37)26-11-17-32(18-12-26)43-23-30-15-9-27-5-1-3-7-35(27)40-30/h1-20,25H,21-24H2,(H,42,45). The lowest BCUT2D eigenvalue weighted by Gasteiger charge is -2.12. The zero-order chi connectivity index (χ0) is 31.3. The lowest BCUT2D eigenvalue weighted by Crippen LogP contribution is -1.98. The molecule has 7 heteroatoms. The first-order valence-corrected chi connectivity index (χ1v) is 16.4. The number of nitrogens with zero attached hydrogens (tertiary/aromatic N) is 2. The van der Waals surface area contributed by atoms with E-state index in [1.165, 1.54) is 0 Å². The summed E-state index contributed by atoms with van der Waals surface area (Å²) in [5.41, 5.74) is 8.05. The van der Waals surface area contributed by atoms with Gasteiger partial charge in [0.1, 0.15) is 24.7 Å². The van der Waals surface area contributed by atoms with E-state index >= 15 is 0 Å². The third kappa shape index (κ3) is 6.81. The molecule has 0 aliphatic rings. The third-order valence-electron chi connectivity index (χ3n) is 7.83. The van der Waals surface area contributed by atoms with Crippen molar-refractivity contribution in [3.63, 3.8) is 0 Å². The van der Waals surface area contributed by atoms with Gasteiger partial charge in [-0.1, -0.05) is 72.8 Å². The predicted molar refractivity (Wildman–Crippen MR) is 190 cm³/mol. The van der Waals surface area contributed by atoms with Gasteiger partial charge in [0, 0.05) is 33.2 Å². The normalized spacial score (nSPS) is 11.2. The molecule has 0 saturated carbocycles. The number of thiol groups is 1. The van der Waals surface area contributed by atoms with Crippen molar-refractivity contribution < 1.29 is 14.3 Å². The summed E-state index contributed by atoms with van der Waals surface area (Å²) >= 11 is 5.68. The topological polar surface area (TPSA) is 61.3 Å². The van der Waals surface area contributed by atoms with Gasteiger partial charge in [-0.05, 0) is 71.5 Å². The number of ether oxygens (including phenoxy) is 2. The number of aromatic nitrogens is 2. The van der Waals surface area contributed by atoms with Gasteiger partial charge in [0.2, 0.25) is 0 Å². The van der Waals surface area contributed by atoms with Gasteiger partial charge in [-0.15, -0.1) is 24.0 Å². The maximum absolute atomic E-state index is 11.7. The second kappa shape index (κ2) is 13.6. The first-order valence-electron chi connectivity index (χ1n) is 15.1. The van der Waals surface area contributed by atoms with Crippen LogP contribution < -0.4 is 9.47 Å². The van der Waals surface area contributed by atoms with E-state index in [2.05, 4.69) is 66.5 Å². The van der Waals surface area contributed by atoms with Crippen molar-refractivity contribution >= 4 is 50.9 Å². The van der Waals surface area contributed by atoms with Crippen molar-refractivity contribution in [1.82, 2.24) is 9.97 Å². The highest BCUT2D eigenvalue weighted by Gasteiger charge is 2.17. The fourth-order valence-corrected chi connectivity index (χ4v) is 6.66. The molecule has 0 aliphatic carbocycles. The minimum Gasteiger partial charge on any atom is -0.487 e. The number of aryl methyl sites for hydroxylation is 1. The minimum atomic E-state index is -0.116. The van der Waals surface area contributed by atoms with Crippen LogP contribution >= 0.6 is 24.0 Å². The maximum Gasteiger partial charge on any atom is 0.186 e. The summed E-state index contributed by atoms with van der Waals surface area (Å²) in [5.74, 6) is 1.55. The molecule has 46 heavy (non-hydrogen) atoms. The van der Waals surface area contributed by atoms with Crippen molar-refractivity contribution in [1.29, 1.82) is 0 Å². The number of benzene rings is 4. The average Bonchev–Trinajstić information content (AvgIpc) is 3.53. The van der Waals surface area contributed by atoms with Gasteiger partial charge < -0.3 is 9.47 Å². The molecule has 0 amide bonds. The molecular weight excluding hydrogens is 609 g/mol. The number of carbonyl (C=O) groups is 1. The molecule has 5 nitrogen and oxygen atoms in total. The zero-order valence-corrected chi connectivity index (χ0v) is 26.6. The van der Waals surface area contributed by atoms with Gasteiger partial charge in [0.25, 0.3) is 0 Å². The summed E-state index contributed by atoms with van der Waals surface area (Å²) in [5, 5.41) is 4.27. The van der Waals surface area contributed by atoms with Crippen LogP contribution in [0.15, 0.2) is 127 Å². The molecule has 7 aromatic rings. The molecule has 0 saturated heterocycles. The van der Waals surface area contributed by atoms with Gasteiger partial charge in [-0.25, -0.2) is 9.97 Å². The molecule has 4 aromatic carbocycles. The number of rotatable bonds is 11. The summed E-state index contributed by atoms with van der Waals surface area (Å²) in [7, 11) is 0. The maximum atomic E-state index is 11.7. The molecule has 0 N–H and O–H groups in total. The number of fused-ring (bicyclic) bond motifs is 2. The Morgan fingerprint density at radius 1 is 0.630 bits per heavy atom. The zero-order valence-electron chi connectivity index (χ0n) is 24.9. The Labute approximate surface area is 276 Å². The van der Waals surface area contributed by atoms with Crippen LogP contribution in [0.25, 0.3) is 44.1 Å². The summed E-state index contributed by atoms with van der Waals surface area (Å²) in [6, 6.07) is 40.6. The van der Waals surface area contributed by atoms with E-state index in [0.29, 0.717) is 26.1 Å². The van der Waals surface area contributed by atoms with Crippen LogP contribution in [0.3, 0.4) is 0 Å². The highest BCUT2D eigenvalue weighted by molar-refractivity contribution is 7.96. The van der Waals surface area contributed by atoms with E-state index in [1.54, 1.807) is 11.3 Å². The number of pyridine rings is 2. The lowest BCUT2D eigenvalue weighted by atomic mass is 9.95. The van der Waals surface area contributed by atoms with Gasteiger partial charge in [0.15, 0.2) is 5.12 Å². The first kappa shape index (κ1) is 29.7. The molecule has 3 heterocycles. The van der Waals surface area contributed by atoms with Crippen LogP contribution in [0.5, 0.6) is 11.5 Å². The smallest absolute Gasteiger partial charge is 0.186 e. The van der Waals surface area contributed by atoms with E-state index in [0.717, 1.165) is 71.8 Å². The van der Waals surface area contributed by atoms with Gasteiger partial charge in [-0.3, -0.25) is 4.79 Å². The molecule has 0 spiro atoms. The van der Waals surface area contributed by atoms with E-state index in [-0.39, 0.29) is 5.12 Å². The molecule has 3 aromatic heterocycles. The van der Waals surface area contributed by atoms with E-state index in [1.807, 2.05) is 72.8 Å². The van der Waals surface area contributed by atoms with Crippen LogP contribution in [-0.4, -0.2) is 15.1 Å². The number of carbonyl (C=O) groups excluding carboxylic acids is 1. The molecule has 0 fully saturated rings. The number of hydrogen-bond acceptors (Lipinski definition) is 6. The van der Waals surface area contributed by atoms with Gasteiger partial charge in [-0.2, -0.15) is 0 Å². The summed E-state index contributed by atoms with van der Waals surface area (Å²) in [6.45, 7) is 0.773. The van der Waals surface area contributed by atoms with Crippen molar-refractivity contribution in [2.24, 2.45) is 0 Å². The van der Waals surface area contributed by atoms with Crippen LogP contribution in [-0.2, 0) is 24.4 Å². The summed E-state index contributed by atoms with van der Waals surface area (Å²) in [6.07, 6.45) is 1.01. The molecule has 0 radical (unpaired) electrons. The Morgan fingerprint density at radius 3 is 1.70 bits per heavy atom. The van der Waals surface area contributed by atoms with Crippen molar-refractivity contribution in [2.45, 2.75) is 26.1 Å². The van der Waals surface area contributed by atoms with Crippen molar-refractivity contribution in [2.75, 3.05) is 0 Å². The average molecular weight is 639 g/mol. The molecule has 7 rings (SSSR count). The quantitative estimate of drug-likeness (QED) is 0.143. The molecule has 0 unspecified atom stereocenters. The Kier molecular flexibility index (Phi) is 8.76. The number of thiophene rings is 1. The Morgan fingerprint density at radius 2 is 1.15 bits per heavy atom. The van der Waals surface area contributed by atoms with E-state index in [4.69, 9.17) is 19.4 Å². The monoisotopic (exact) mass is 638 g/mol. The number of para-hydroxylation sites is 2. The minimum absolute atomic E-state index is 0.116. The largest absolute Gasteiger partial charge is 0.487 e. The molecule has 226 valence electrons. The second-order valence-electron chi connectivity index (χ2n) is 11.0. The molecule has 0 aliphatic heterocycles. The van der Waals surface area contributed by atoms with Crippen LogP contribution in [0.1, 0.15) is 22.7 Å². The Balaban J connectivity index is 1.08. The van der Waals surface area contributed by atoms with Crippen LogP contribution in [0, 0.1) is 0 Å². The first-order chi connectivity index (χ1) is 22.6. The molecule has 0 atom stereocenters. The summed E-state index contributed by atoms with van der Waals surface area (Å²) in [4.78, 5) is 22.3. The predicted octanol–water partition coefficient (Wildman–Crippen LogP) is 9.73.